The Morgan fingerprint density at radius 1 is 0.804 bits per heavy atom. The SMILES string of the molecule is COc1cc(NC(=O)c2cnc3ccccc3n2)c(C(=O)Nc2ccc(CCN3CCc4c(oc5cc(OC)c(OC)cc45)C3)cc2)cc1OC. The number of benzene rings is 4. The Morgan fingerprint density at radius 2 is 1.49 bits per heavy atom. The highest BCUT2D eigenvalue weighted by molar-refractivity contribution is 6.12. The number of carbonyl (C=O) groups excluding carboxylic acids is 2. The van der Waals surface area contributed by atoms with E-state index in [1.54, 1.807) is 26.4 Å². The van der Waals surface area contributed by atoms with Crippen molar-refractivity contribution in [2.45, 2.75) is 19.4 Å². The maximum Gasteiger partial charge on any atom is 0.275 e. The van der Waals surface area contributed by atoms with Gasteiger partial charge in [-0.1, -0.05) is 24.3 Å². The van der Waals surface area contributed by atoms with Gasteiger partial charge in [0.2, 0.25) is 0 Å². The van der Waals surface area contributed by atoms with Gasteiger partial charge in [-0.3, -0.25) is 19.5 Å². The fourth-order valence-corrected chi connectivity index (χ4v) is 6.33. The molecular formula is C39H37N5O7. The van der Waals surface area contributed by atoms with Gasteiger partial charge in [0, 0.05) is 41.9 Å². The van der Waals surface area contributed by atoms with Crippen LogP contribution in [0.15, 0.2) is 83.4 Å². The summed E-state index contributed by atoms with van der Waals surface area (Å²) in [4.78, 5) is 38.0. The third kappa shape index (κ3) is 6.86. The normalized spacial score (nSPS) is 12.7. The summed E-state index contributed by atoms with van der Waals surface area (Å²) in [6.45, 7) is 2.49. The Bertz CT molecular complexity index is 2250. The van der Waals surface area contributed by atoms with E-state index in [1.165, 1.54) is 32.0 Å². The van der Waals surface area contributed by atoms with Crippen LogP contribution < -0.4 is 29.6 Å². The fraction of sp³-hybridized carbons (Fsp3) is 0.231. The van der Waals surface area contributed by atoms with Crippen LogP contribution in [0.5, 0.6) is 23.0 Å². The molecule has 6 aromatic rings. The molecule has 0 saturated carbocycles. The van der Waals surface area contributed by atoms with Crippen molar-refractivity contribution in [1.82, 2.24) is 14.9 Å². The van der Waals surface area contributed by atoms with E-state index in [0.717, 1.165) is 54.8 Å². The smallest absolute Gasteiger partial charge is 0.275 e. The number of ether oxygens (including phenoxy) is 4. The summed E-state index contributed by atoms with van der Waals surface area (Å²) in [5.41, 5.74) is 5.54. The number of hydrogen-bond donors (Lipinski definition) is 2. The predicted octanol–water partition coefficient (Wildman–Crippen LogP) is 6.52. The third-order valence-corrected chi connectivity index (χ3v) is 9.05. The highest BCUT2D eigenvalue weighted by atomic mass is 16.5. The van der Waals surface area contributed by atoms with E-state index in [0.29, 0.717) is 39.7 Å². The number of methoxy groups -OCH3 is 4. The molecule has 2 N–H and O–H groups in total. The minimum atomic E-state index is -0.524. The van der Waals surface area contributed by atoms with Crippen molar-refractivity contribution >= 4 is 45.2 Å². The van der Waals surface area contributed by atoms with E-state index in [9.17, 15) is 9.59 Å². The van der Waals surface area contributed by atoms with Crippen molar-refractivity contribution in [3.05, 3.63) is 107 Å². The minimum absolute atomic E-state index is 0.106. The topological polar surface area (TPSA) is 137 Å². The molecule has 1 aliphatic heterocycles. The van der Waals surface area contributed by atoms with Crippen molar-refractivity contribution in [2.75, 3.05) is 52.2 Å². The number of aromatic nitrogens is 2. The number of amides is 2. The summed E-state index contributed by atoms with van der Waals surface area (Å²) in [6.07, 6.45) is 3.11. The molecule has 3 heterocycles. The van der Waals surface area contributed by atoms with Gasteiger partial charge in [0.05, 0.1) is 63.5 Å². The average molecular weight is 688 g/mol. The summed E-state index contributed by atoms with van der Waals surface area (Å²) in [5, 5.41) is 6.82. The van der Waals surface area contributed by atoms with Gasteiger partial charge >= 0.3 is 0 Å². The lowest BCUT2D eigenvalue weighted by Gasteiger charge is -2.26. The molecule has 12 nitrogen and oxygen atoms in total. The number of nitrogens with zero attached hydrogens (tertiary/aromatic N) is 3. The minimum Gasteiger partial charge on any atom is -0.493 e. The number of hydrogen-bond acceptors (Lipinski definition) is 10. The number of rotatable bonds is 11. The van der Waals surface area contributed by atoms with Crippen molar-refractivity contribution in [2.24, 2.45) is 0 Å². The Morgan fingerprint density at radius 3 is 2.24 bits per heavy atom. The predicted molar refractivity (Wildman–Crippen MR) is 193 cm³/mol. The first-order valence-electron chi connectivity index (χ1n) is 16.5. The average Bonchev–Trinajstić information content (AvgIpc) is 3.53. The van der Waals surface area contributed by atoms with Gasteiger partial charge in [-0.05, 0) is 54.8 Å². The van der Waals surface area contributed by atoms with Crippen LogP contribution in [0.1, 0.15) is 37.7 Å². The molecular weight excluding hydrogens is 650 g/mol. The van der Waals surface area contributed by atoms with Gasteiger partial charge in [-0.25, -0.2) is 4.98 Å². The van der Waals surface area contributed by atoms with Crippen molar-refractivity contribution in [1.29, 1.82) is 0 Å². The van der Waals surface area contributed by atoms with Gasteiger partial charge in [0.1, 0.15) is 17.0 Å². The van der Waals surface area contributed by atoms with E-state index < -0.39 is 11.8 Å². The highest BCUT2D eigenvalue weighted by Crippen LogP contribution is 2.38. The van der Waals surface area contributed by atoms with Gasteiger partial charge in [-0.15, -0.1) is 0 Å². The van der Waals surface area contributed by atoms with E-state index in [-0.39, 0.29) is 16.9 Å². The standard InChI is InChI=1S/C39H37N5O7/c1-47-33-17-26-25-14-16-44(22-37(25)51-32(26)20-36(33)50-4)15-13-23-9-11-24(12-10-23)41-38(45)27-18-34(48-2)35(49-3)19-30(27)43-39(46)31-21-40-28-7-5-6-8-29(28)42-31/h5-12,17-21H,13-16,22H2,1-4H3,(H,41,45)(H,43,46). The van der Waals surface area contributed by atoms with E-state index >= 15 is 0 Å². The monoisotopic (exact) mass is 687 g/mol. The molecule has 51 heavy (non-hydrogen) atoms. The lowest BCUT2D eigenvalue weighted by Crippen LogP contribution is -2.31. The van der Waals surface area contributed by atoms with Gasteiger partial charge in [-0.2, -0.15) is 0 Å². The lowest BCUT2D eigenvalue weighted by atomic mass is 10.0. The van der Waals surface area contributed by atoms with Gasteiger partial charge in [0.25, 0.3) is 11.8 Å². The molecule has 0 radical (unpaired) electrons. The van der Waals surface area contributed by atoms with Crippen LogP contribution in [0, 0.1) is 0 Å². The molecule has 0 atom stereocenters. The molecule has 2 aromatic heterocycles. The molecule has 0 bridgehead atoms. The molecule has 4 aromatic carbocycles. The molecule has 1 aliphatic rings. The molecule has 0 aliphatic carbocycles. The summed E-state index contributed by atoms with van der Waals surface area (Å²) in [6, 6.07) is 22.0. The van der Waals surface area contributed by atoms with Crippen LogP contribution in [0.25, 0.3) is 22.0 Å². The number of fused-ring (bicyclic) bond motifs is 4. The van der Waals surface area contributed by atoms with Crippen molar-refractivity contribution < 1.29 is 33.0 Å². The fourth-order valence-electron chi connectivity index (χ4n) is 6.33. The second-order valence-electron chi connectivity index (χ2n) is 12.1. The molecule has 12 heteroatoms. The first-order valence-corrected chi connectivity index (χ1v) is 16.5. The summed E-state index contributed by atoms with van der Waals surface area (Å²) in [5.74, 6) is 2.05. The molecule has 0 fully saturated rings. The van der Waals surface area contributed by atoms with Crippen LogP contribution in [0.3, 0.4) is 0 Å². The Hall–Kier alpha value is -6.14. The second-order valence-corrected chi connectivity index (χ2v) is 12.1. The quantitative estimate of drug-likeness (QED) is 0.155. The summed E-state index contributed by atoms with van der Waals surface area (Å²) >= 11 is 0. The first kappa shape index (κ1) is 33.4. The van der Waals surface area contributed by atoms with Crippen LogP contribution in [-0.4, -0.2) is 68.2 Å². The maximum atomic E-state index is 13.6. The molecule has 2 amide bonds. The Kier molecular flexibility index (Phi) is 9.40. The number of para-hydroxylation sites is 2. The molecule has 0 saturated heterocycles. The largest absolute Gasteiger partial charge is 0.493 e. The zero-order chi connectivity index (χ0) is 35.5. The van der Waals surface area contributed by atoms with Crippen LogP contribution in [-0.2, 0) is 19.4 Å². The second kappa shape index (κ2) is 14.4. The summed E-state index contributed by atoms with van der Waals surface area (Å²) < 4.78 is 28.1. The first-order chi connectivity index (χ1) is 24.9. The van der Waals surface area contributed by atoms with E-state index in [4.69, 9.17) is 23.4 Å². The van der Waals surface area contributed by atoms with Crippen molar-refractivity contribution in [3.63, 3.8) is 0 Å². The third-order valence-electron chi connectivity index (χ3n) is 9.05. The lowest BCUT2D eigenvalue weighted by molar-refractivity contribution is 0.102. The van der Waals surface area contributed by atoms with Gasteiger partial charge < -0.3 is 34.0 Å². The van der Waals surface area contributed by atoms with E-state index in [1.807, 2.05) is 54.6 Å². The zero-order valence-corrected chi connectivity index (χ0v) is 28.7. The number of nitrogens with one attached hydrogen (secondary N) is 2. The Labute approximate surface area is 294 Å². The van der Waals surface area contributed by atoms with Crippen LogP contribution >= 0.6 is 0 Å². The van der Waals surface area contributed by atoms with Crippen LogP contribution in [0.2, 0.25) is 0 Å². The summed E-state index contributed by atoms with van der Waals surface area (Å²) in [7, 11) is 6.22. The zero-order valence-electron chi connectivity index (χ0n) is 28.7. The van der Waals surface area contributed by atoms with E-state index in [2.05, 4.69) is 25.5 Å². The molecule has 0 unspecified atom stereocenters. The van der Waals surface area contributed by atoms with Crippen LogP contribution in [0.4, 0.5) is 11.4 Å². The molecule has 0 spiro atoms. The molecule has 260 valence electrons. The highest BCUT2D eigenvalue weighted by Gasteiger charge is 2.24. The molecule has 7 rings (SSSR count). The van der Waals surface area contributed by atoms with Gasteiger partial charge in [0.15, 0.2) is 23.0 Å². The maximum absolute atomic E-state index is 13.6. The van der Waals surface area contributed by atoms with Crippen molar-refractivity contribution in [3.8, 4) is 23.0 Å². The number of carbonyl (C=O) groups is 2. The number of anilines is 2. The Balaban J connectivity index is 1.01. The number of furan rings is 1.